The monoisotopic (exact) mass is 300 g/mol. The topological polar surface area (TPSA) is 87.1 Å². The highest BCUT2D eigenvalue weighted by Gasteiger charge is 2.03. The maximum atomic E-state index is 5.36. The number of aromatic nitrogens is 3. The summed E-state index contributed by atoms with van der Waals surface area (Å²) >= 11 is 0. The SMILES string of the molecule is CC.COc1cc(-c2cnoc2)ncn1.Nc1ccccc1. The van der Waals surface area contributed by atoms with Gasteiger partial charge in [0.05, 0.1) is 24.6 Å². The largest absolute Gasteiger partial charge is 0.481 e. The van der Waals surface area contributed by atoms with Gasteiger partial charge in [-0.05, 0) is 12.1 Å². The van der Waals surface area contributed by atoms with E-state index in [0.717, 1.165) is 16.9 Å². The van der Waals surface area contributed by atoms with Crippen LogP contribution in [0.25, 0.3) is 11.3 Å². The number of hydrogen-bond acceptors (Lipinski definition) is 6. The molecule has 6 nitrogen and oxygen atoms in total. The van der Waals surface area contributed by atoms with Gasteiger partial charge in [0.25, 0.3) is 0 Å². The van der Waals surface area contributed by atoms with Crippen molar-refractivity contribution in [2.75, 3.05) is 12.8 Å². The minimum Gasteiger partial charge on any atom is -0.481 e. The molecule has 0 radical (unpaired) electrons. The van der Waals surface area contributed by atoms with Crippen molar-refractivity contribution in [2.24, 2.45) is 0 Å². The fraction of sp³-hybridized carbons (Fsp3) is 0.188. The lowest BCUT2D eigenvalue weighted by Gasteiger charge is -1.98. The molecule has 0 spiro atoms. The third-order valence-corrected chi connectivity index (χ3v) is 2.38. The molecule has 0 aliphatic carbocycles. The number of rotatable bonds is 2. The molecule has 0 aliphatic heterocycles. The van der Waals surface area contributed by atoms with Crippen molar-refractivity contribution in [3.63, 3.8) is 0 Å². The molecule has 0 fully saturated rings. The average molecular weight is 300 g/mol. The summed E-state index contributed by atoms with van der Waals surface area (Å²) in [4.78, 5) is 7.92. The summed E-state index contributed by atoms with van der Waals surface area (Å²) in [5.74, 6) is 0.520. The van der Waals surface area contributed by atoms with E-state index in [4.69, 9.17) is 15.0 Å². The van der Waals surface area contributed by atoms with Gasteiger partial charge in [-0.25, -0.2) is 9.97 Å². The van der Waals surface area contributed by atoms with E-state index >= 15 is 0 Å². The number of ether oxygens (including phenoxy) is 1. The first-order valence-electron chi connectivity index (χ1n) is 6.86. The molecule has 0 saturated heterocycles. The van der Waals surface area contributed by atoms with E-state index in [1.807, 2.05) is 44.2 Å². The van der Waals surface area contributed by atoms with Gasteiger partial charge in [0.15, 0.2) is 0 Å². The van der Waals surface area contributed by atoms with E-state index in [-0.39, 0.29) is 0 Å². The second-order valence-corrected chi connectivity index (χ2v) is 3.77. The Balaban J connectivity index is 0.000000228. The third kappa shape index (κ3) is 5.62. The van der Waals surface area contributed by atoms with Gasteiger partial charge in [0.2, 0.25) is 5.88 Å². The van der Waals surface area contributed by atoms with Crippen LogP contribution in [0.15, 0.2) is 59.7 Å². The van der Waals surface area contributed by atoms with Crippen LogP contribution in [0.3, 0.4) is 0 Å². The lowest BCUT2D eigenvalue weighted by molar-refractivity contribution is 0.397. The molecule has 0 bridgehead atoms. The highest BCUT2D eigenvalue weighted by atomic mass is 16.5. The molecule has 6 heteroatoms. The van der Waals surface area contributed by atoms with Crippen molar-refractivity contribution in [1.82, 2.24) is 15.1 Å². The van der Waals surface area contributed by atoms with Gasteiger partial charge in [-0.3, -0.25) is 0 Å². The van der Waals surface area contributed by atoms with E-state index in [0.29, 0.717) is 5.88 Å². The Bertz CT molecular complexity index is 628. The molecule has 3 aromatic rings. The Morgan fingerprint density at radius 1 is 1.09 bits per heavy atom. The zero-order valence-electron chi connectivity index (χ0n) is 12.9. The standard InChI is InChI=1S/C8H7N3O2.C6H7N.C2H6/c1-12-8-2-7(9-5-10-8)6-3-11-13-4-6;7-6-4-2-1-3-5-6;1-2/h2-5H,1H3;1-5H,7H2;1-2H3. The molecular formula is C16H20N4O2. The number of benzene rings is 1. The number of methoxy groups -OCH3 is 1. The molecule has 2 N–H and O–H groups in total. The zero-order chi connectivity index (χ0) is 16.2. The van der Waals surface area contributed by atoms with Crippen LogP contribution in [0.1, 0.15) is 13.8 Å². The quantitative estimate of drug-likeness (QED) is 0.729. The number of nitrogen functional groups attached to an aromatic ring is 1. The number of anilines is 1. The predicted molar refractivity (Wildman–Crippen MR) is 86.3 cm³/mol. The summed E-state index contributed by atoms with van der Waals surface area (Å²) < 4.78 is 9.64. The highest BCUT2D eigenvalue weighted by Crippen LogP contribution is 2.18. The summed E-state index contributed by atoms with van der Waals surface area (Å²) in [5, 5.41) is 3.58. The van der Waals surface area contributed by atoms with Gasteiger partial charge in [-0.15, -0.1) is 0 Å². The molecule has 0 saturated carbocycles. The molecule has 116 valence electrons. The van der Waals surface area contributed by atoms with Crippen molar-refractivity contribution in [3.8, 4) is 17.1 Å². The minimum atomic E-state index is 0.520. The molecule has 0 amide bonds. The van der Waals surface area contributed by atoms with Gasteiger partial charge >= 0.3 is 0 Å². The summed E-state index contributed by atoms with van der Waals surface area (Å²) in [6.07, 6.45) is 4.53. The van der Waals surface area contributed by atoms with E-state index in [2.05, 4.69) is 15.1 Å². The first-order chi connectivity index (χ1) is 10.8. The summed E-state index contributed by atoms with van der Waals surface area (Å²) in [6.45, 7) is 4.00. The van der Waals surface area contributed by atoms with Crippen molar-refractivity contribution in [2.45, 2.75) is 13.8 Å². The fourth-order valence-electron chi connectivity index (χ4n) is 1.39. The smallest absolute Gasteiger partial charge is 0.216 e. The van der Waals surface area contributed by atoms with Gasteiger partial charge in [-0.2, -0.15) is 0 Å². The molecule has 1 aromatic carbocycles. The van der Waals surface area contributed by atoms with Gasteiger partial charge in [-0.1, -0.05) is 37.2 Å². The predicted octanol–water partition coefficient (Wildman–Crippen LogP) is 3.44. The number of hydrogen-bond donors (Lipinski definition) is 1. The Hall–Kier alpha value is -2.89. The van der Waals surface area contributed by atoms with Crippen LogP contribution in [0, 0.1) is 0 Å². The first-order valence-corrected chi connectivity index (χ1v) is 6.86. The molecule has 22 heavy (non-hydrogen) atoms. The average Bonchev–Trinajstić information content (AvgIpc) is 3.13. The summed E-state index contributed by atoms with van der Waals surface area (Å²) in [6, 6.07) is 11.2. The second kappa shape index (κ2) is 9.93. The van der Waals surface area contributed by atoms with Gasteiger partial charge in [0, 0.05) is 11.8 Å². The van der Waals surface area contributed by atoms with Crippen molar-refractivity contribution in [3.05, 3.63) is 55.2 Å². The lowest BCUT2D eigenvalue weighted by atomic mass is 10.2. The van der Waals surface area contributed by atoms with Crippen LogP contribution in [-0.4, -0.2) is 22.2 Å². The molecular weight excluding hydrogens is 280 g/mol. The Morgan fingerprint density at radius 2 is 1.82 bits per heavy atom. The van der Waals surface area contributed by atoms with Gasteiger partial charge in [0.1, 0.15) is 12.6 Å². The summed E-state index contributed by atoms with van der Waals surface area (Å²) in [7, 11) is 1.56. The first kappa shape index (κ1) is 17.2. The second-order valence-electron chi connectivity index (χ2n) is 3.77. The van der Waals surface area contributed by atoms with Gasteiger partial charge < -0.3 is 15.0 Å². The highest BCUT2D eigenvalue weighted by molar-refractivity contribution is 5.56. The number of para-hydroxylation sites is 1. The third-order valence-electron chi connectivity index (χ3n) is 2.38. The van der Waals surface area contributed by atoms with Crippen LogP contribution in [0.2, 0.25) is 0 Å². The number of nitrogens with two attached hydrogens (primary N) is 1. The molecule has 2 aromatic heterocycles. The molecule has 3 rings (SSSR count). The molecule has 0 unspecified atom stereocenters. The van der Waals surface area contributed by atoms with Crippen LogP contribution in [-0.2, 0) is 0 Å². The van der Waals surface area contributed by atoms with E-state index in [1.165, 1.54) is 12.6 Å². The molecule has 0 aliphatic rings. The zero-order valence-corrected chi connectivity index (χ0v) is 12.9. The molecule has 2 heterocycles. The molecule has 0 atom stereocenters. The van der Waals surface area contributed by atoms with E-state index < -0.39 is 0 Å². The summed E-state index contributed by atoms with van der Waals surface area (Å²) in [5.41, 5.74) is 7.72. The Kier molecular flexibility index (Phi) is 7.74. The Morgan fingerprint density at radius 3 is 2.32 bits per heavy atom. The van der Waals surface area contributed by atoms with E-state index in [1.54, 1.807) is 19.4 Å². The maximum Gasteiger partial charge on any atom is 0.216 e. The van der Waals surface area contributed by atoms with Crippen LogP contribution in [0.5, 0.6) is 5.88 Å². The van der Waals surface area contributed by atoms with Crippen LogP contribution in [0.4, 0.5) is 5.69 Å². The normalized spacial score (nSPS) is 8.86. The fourth-order valence-corrected chi connectivity index (χ4v) is 1.39. The Labute approximate surface area is 130 Å². The van der Waals surface area contributed by atoms with Crippen molar-refractivity contribution in [1.29, 1.82) is 0 Å². The number of nitrogens with zero attached hydrogens (tertiary/aromatic N) is 3. The minimum absolute atomic E-state index is 0.520. The maximum absolute atomic E-state index is 5.36. The van der Waals surface area contributed by atoms with Crippen molar-refractivity contribution < 1.29 is 9.26 Å². The van der Waals surface area contributed by atoms with Crippen LogP contribution < -0.4 is 10.5 Å². The lowest BCUT2D eigenvalue weighted by Crippen LogP contribution is -1.89. The van der Waals surface area contributed by atoms with Crippen LogP contribution >= 0.6 is 0 Å². The van der Waals surface area contributed by atoms with E-state index in [9.17, 15) is 0 Å². The van der Waals surface area contributed by atoms with Crippen molar-refractivity contribution >= 4 is 5.69 Å².